The van der Waals surface area contributed by atoms with Gasteiger partial charge in [0, 0.05) is 18.7 Å². The molecule has 1 atom stereocenters. The largest absolute Gasteiger partial charge is 0.320 e. The van der Waals surface area contributed by atoms with Gasteiger partial charge in [-0.15, -0.1) is 11.3 Å². The van der Waals surface area contributed by atoms with E-state index in [-0.39, 0.29) is 6.04 Å². The second-order valence-corrected chi connectivity index (χ2v) is 7.11. The molecule has 1 nitrogen and oxygen atoms in total. The summed E-state index contributed by atoms with van der Waals surface area (Å²) in [6.45, 7) is 2.07. The molecule has 2 rings (SSSR count). The van der Waals surface area contributed by atoms with E-state index < -0.39 is 0 Å². The number of hydrogen-bond acceptors (Lipinski definition) is 2. The van der Waals surface area contributed by atoms with Crippen LogP contribution in [0.5, 0.6) is 0 Å². The molecule has 0 amide bonds. The third-order valence-electron chi connectivity index (χ3n) is 2.49. The Balaban J connectivity index is 2.36. The Morgan fingerprint density at radius 3 is 2.47 bits per heavy atom. The van der Waals surface area contributed by atoms with Crippen LogP contribution in [0.2, 0.25) is 5.02 Å². The summed E-state index contributed by atoms with van der Waals surface area (Å²) in [5, 5.41) is 0.685. The molecule has 2 aromatic rings. The van der Waals surface area contributed by atoms with Gasteiger partial charge in [-0.2, -0.15) is 0 Å². The summed E-state index contributed by atoms with van der Waals surface area (Å²) >= 11 is 14.7. The van der Waals surface area contributed by atoms with Crippen LogP contribution in [0.4, 0.5) is 0 Å². The second kappa shape index (κ2) is 5.41. The Morgan fingerprint density at radius 2 is 1.94 bits per heavy atom. The summed E-state index contributed by atoms with van der Waals surface area (Å²) in [4.78, 5) is 2.37. The minimum atomic E-state index is -0.129. The van der Waals surface area contributed by atoms with Gasteiger partial charge in [0.25, 0.3) is 0 Å². The van der Waals surface area contributed by atoms with E-state index in [2.05, 4.69) is 44.8 Å². The number of aryl methyl sites for hydroxylation is 1. The lowest BCUT2D eigenvalue weighted by Gasteiger charge is -2.10. The fraction of sp³-hybridized carbons (Fsp3) is 0.167. The van der Waals surface area contributed by atoms with Crippen molar-refractivity contribution in [1.29, 1.82) is 0 Å². The summed E-state index contributed by atoms with van der Waals surface area (Å²) in [5.41, 5.74) is 7.25. The average molecular weight is 396 g/mol. The van der Waals surface area contributed by atoms with E-state index in [0.717, 1.165) is 19.4 Å². The van der Waals surface area contributed by atoms with Crippen molar-refractivity contribution in [1.82, 2.24) is 0 Å². The smallest absolute Gasteiger partial charge is 0.0647 e. The van der Waals surface area contributed by atoms with E-state index in [9.17, 15) is 0 Å². The fourth-order valence-corrected chi connectivity index (χ4v) is 3.53. The van der Waals surface area contributed by atoms with Crippen LogP contribution in [-0.4, -0.2) is 0 Å². The number of thiophene rings is 1. The molecule has 2 N–H and O–H groups in total. The van der Waals surface area contributed by atoms with Gasteiger partial charge in [0.1, 0.15) is 0 Å². The zero-order valence-electron chi connectivity index (χ0n) is 9.01. The van der Waals surface area contributed by atoms with Crippen LogP contribution >= 0.6 is 54.8 Å². The third-order valence-corrected chi connectivity index (χ3v) is 5.94. The zero-order chi connectivity index (χ0) is 12.6. The average Bonchev–Trinajstić information content (AvgIpc) is 2.62. The van der Waals surface area contributed by atoms with Crippen molar-refractivity contribution >= 4 is 54.8 Å². The first kappa shape index (κ1) is 13.6. The van der Waals surface area contributed by atoms with E-state index in [1.54, 1.807) is 11.3 Å². The molecule has 1 heterocycles. The van der Waals surface area contributed by atoms with E-state index in [1.807, 2.05) is 18.2 Å². The van der Waals surface area contributed by atoms with Gasteiger partial charge in [-0.25, -0.2) is 0 Å². The molecular formula is C12H10Br2ClNS. The van der Waals surface area contributed by atoms with Gasteiger partial charge in [0.05, 0.1) is 11.1 Å². The van der Waals surface area contributed by atoms with Crippen molar-refractivity contribution in [3.8, 4) is 0 Å². The highest BCUT2D eigenvalue weighted by atomic mass is 79.9. The van der Waals surface area contributed by atoms with Crippen molar-refractivity contribution in [3.05, 3.63) is 53.6 Å². The predicted molar refractivity (Wildman–Crippen MR) is 81.9 cm³/mol. The Bertz CT molecular complexity index is 534. The Labute approximate surface area is 126 Å². The first-order valence-corrected chi connectivity index (χ1v) is 7.73. The normalized spacial score (nSPS) is 12.8. The van der Waals surface area contributed by atoms with Gasteiger partial charge in [-0.3, -0.25) is 0 Å². The molecule has 1 aromatic heterocycles. The summed E-state index contributed by atoms with van der Waals surface area (Å²) in [6.07, 6.45) is 0. The van der Waals surface area contributed by atoms with Crippen molar-refractivity contribution in [2.24, 2.45) is 5.73 Å². The maximum absolute atomic E-state index is 6.23. The summed E-state index contributed by atoms with van der Waals surface area (Å²) in [6, 6.07) is 7.76. The minimum Gasteiger partial charge on any atom is -0.320 e. The van der Waals surface area contributed by atoms with Crippen LogP contribution in [0, 0.1) is 6.92 Å². The highest BCUT2D eigenvalue weighted by Crippen LogP contribution is 2.34. The van der Waals surface area contributed by atoms with E-state index >= 15 is 0 Å². The van der Waals surface area contributed by atoms with Crippen molar-refractivity contribution in [3.63, 3.8) is 0 Å². The lowest BCUT2D eigenvalue weighted by molar-refractivity contribution is 0.893. The molecule has 0 saturated carbocycles. The Morgan fingerprint density at radius 1 is 1.24 bits per heavy atom. The molecule has 0 saturated heterocycles. The topological polar surface area (TPSA) is 26.0 Å². The molecule has 5 heteroatoms. The molecular weight excluding hydrogens is 385 g/mol. The maximum Gasteiger partial charge on any atom is 0.0647 e. The van der Waals surface area contributed by atoms with Crippen LogP contribution in [0.3, 0.4) is 0 Å². The SMILES string of the molecule is Cc1sc(C(N)c2ccc(Br)c(Cl)c2)cc1Br. The standard InChI is InChI=1S/C12H10Br2ClNS/c1-6-9(14)5-11(17-6)12(16)7-2-3-8(13)10(15)4-7/h2-5,12H,16H2,1H3. The second-order valence-electron chi connectivity index (χ2n) is 3.70. The van der Waals surface area contributed by atoms with E-state index in [0.29, 0.717) is 5.02 Å². The molecule has 0 radical (unpaired) electrons. The first-order valence-electron chi connectivity index (χ1n) is 4.95. The Kier molecular flexibility index (Phi) is 4.31. The van der Waals surface area contributed by atoms with Gasteiger partial charge in [-0.1, -0.05) is 17.7 Å². The van der Waals surface area contributed by atoms with Gasteiger partial charge in [0.2, 0.25) is 0 Å². The van der Waals surface area contributed by atoms with Gasteiger partial charge >= 0.3 is 0 Å². The molecule has 1 aromatic carbocycles. The lowest BCUT2D eigenvalue weighted by Crippen LogP contribution is -2.09. The monoisotopic (exact) mass is 393 g/mol. The molecule has 0 spiro atoms. The highest BCUT2D eigenvalue weighted by Gasteiger charge is 2.14. The lowest BCUT2D eigenvalue weighted by atomic mass is 10.1. The number of rotatable bonds is 2. The van der Waals surface area contributed by atoms with Gasteiger partial charge < -0.3 is 5.73 Å². The summed E-state index contributed by atoms with van der Waals surface area (Å²) in [5.74, 6) is 0. The first-order chi connectivity index (χ1) is 7.99. The number of halogens is 3. The number of nitrogens with two attached hydrogens (primary N) is 1. The van der Waals surface area contributed by atoms with E-state index in [1.165, 1.54) is 4.88 Å². The summed E-state index contributed by atoms with van der Waals surface area (Å²) in [7, 11) is 0. The Hall–Kier alpha value is 0.130. The van der Waals surface area contributed by atoms with Crippen molar-refractivity contribution in [2.45, 2.75) is 13.0 Å². The molecule has 0 aliphatic rings. The molecule has 0 aliphatic heterocycles. The van der Waals surface area contributed by atoms with Crippen LogP contribution in [-0.2, 0) is 0 Å². The third kappa shape index (κ3) is 2.93. The van der Waals surface area contributed by atoms with Crippen LogP contribution < -0.4 is 5.73 Å². The molecule has 90 valence electrons. The molecule has 0 aliphatic carbocycles. The quantitative estimate of drug-likeness (QED) is 0.735. The minimum absolute atomic E-state index is 0.129. The predicted octanol–water partition coefficient (Wildman–Crippen LogP) is 5.28. The van der Waals surface area contributed by atoms with Gasteiger partial charge in [-0.05, 0) is 62.5 Å². The van der Waals surface area contributed by atoms with Crippen LogP contribution in [0.15, 0.2) is 33.2 Å². The molecule has 1 unspecified atom stereocenters. The highest BCUT2D eigenvalue weighted by molar-refractivity contribution is 9.10. The number of hydrogen-bond donors (Lipinski definition) is 1. The molecule has 17 heavy (non-hydrogen) atoms. The van der Waals surface area contributed by atoms with Crippen LogP contribution in [0.1, 0.15) is 21.4 Å². The number of benzene rings is 1. The van der Waals surface area contributed by atoms with Crippen LogP contribution in [0.25, 0.3) is 0 Å². The summed E-state index contributed by atoms with van der Waals surface area (Å²) < 4.78 is 2.00. The van der Waals surface area contributed by atoms with Crippen molar-refractivity contribution in [2.75, 3.05) is 0 Å². The maximum atomic E-state index is 6.23. The fourth-order valence-electron chi connectivity index (χ4n) is 1.50. The van der Waals surface area contributed by atoms with Gasteiger partial charge in [0.15, 0.2) is 0 Å². The zero-order valence-corrected chi connectivity index (χ0v) is 13.8. The van der Waals surface area contributed by atoms with Crippen molar-refractivity contribution < 1.29 is 0 Å². The molecule has 0 fully saturated rings. The molecule has 0 bridgehead atoms. The van der Waals surface area contributed by atoms with E-state index in [4.69, 9.17) is 17.3 Å².